The molecule has 0 radical (unpaired) electrons. The summed E-state index contributed by atoms with van der Waals surface area (Å²) in [5.74, 6) is -0.297. The number of fused-ring (bicyclic) bond motifs is 10. The van der Waals surface area contributed by atoms with Crippen LogP contribution in [0.25, 0.3) is 32.9 Å². The molecular weight excluding hydrogens is 416 g/mol. The zero-order valence-electron chi connectivity index (χ0n) is 18.2. The maximum atomic E-state index is 13.0. The van der Waals surface area contributed by atoms with Gasteiger partial charge in [-0.15, -0.1) is 0 Å². The summed E-state index contributed by atoms with van der Waals surface area (Å²) in [6, 6.07) is 13.8. The summed E-state index contributed by atoms with van der Waals surface area (Å²) >= 11 is 0. The van der Waals surface area contributed by atoms with Crippen LogP contribution in [0.4, 0.5) is 0 Å². The van der Waals surface area contributed by atoms with E-state index in [1.54, 1.807) is 13.0 Å². The summed E-state index contributed by atoms with van der Waals surface area (Å²) in [4.78, 5) is 36.8. The maximum Gasteiger partial charge on any atom is 0.307 e. The van der Waals surface area contributed by atoms with E-state index in [-0.39, 0.29) is 18.3 Å². The van der Waals surface area contributed by atoms with E-state index in [4.69, 9.17) is 4.74 Å². The number of nitrogens with one attached hydrogen (secondary N) is 1. The minimum atomic E-state index is -0.241. The lowest BCUT2D eigenvalue weighted by Crippen LogP contribution is -2.13. The van der Waals surface area contributed by atoms with Crippen molar-refractivity contribution in [3.63, 3.8) is 0 Å². The summed E-state index contributed by atoms with van der Waals surface area (Å²) in [6.45, 7) is 3.06. The highest BCUT2D eigenvalue weighted by Gasteiger charge is 2.35. The Labute approximate surface area is 190 Å². The minimum Gasteiger partial charge on any atom is -0.466 e. The normalized spacial score (nSPS) is 13.7. The zero-order valence-corrected chi connectivity index (χ0v) is 18.2. The van der Waals surface area contributed by atoms with Crippen molar-refractivity contribution in [2.45, 2.75) is 32.9 Å². The third kappa shape index (κ3) is 2.76. The maximum absolute atomic E-state index is 13.0. The SMILES string of the molecule is CCOC(=O)CCn1c2ccc(C=O)cc2c2c3c(c4c(c21)Cc1ccccc1-4)C(=O)NC3. The van der Waals surface area contributed by atoms with E-state index in [0.29, 0.717) is 25.3 Å². The Morgan fingerprint density at radius 1 is 1.15 bits per heavy atom. The highest BCUT2D eigenvalue weighted by molar-refractivity contribution is 6.20. The summed E-state index contributed by atoms with van der Waals surface area (Å²) in [5, 5.41) is 4.95. The van der Waals surface area contributed by atoms with Gasteiger partial charge in [-0.1, -0.05) is 24.3 Å². The third-order valence-corrected chi connectivity index (χ3v) is 6.82. The number of aromatic nitrogens is 1. The van der Waals surface area contributed by atoms with Gasteiger partial charge >= 0.3 is 5.97 Å². The Balaban J connectivity index is 1.72. The number of aryl methyl sites for hydroxylation is 1. The van der Waals surface area contributed by atoms with Crippen LogP contribution in [0, 0.1) is 0 Å². The van der Waals surface area contributed by atoms with Gasteiger partial charge in [0.2, 0.25) is 0 Å². The molecule has 1 aliphatic carbocycles. The fraction of sp³-hybridized carbons (Fsp3) is 0.222. The van der Waals surface area contributed by atoms with Crippen LogP contribution in [-0.2, 0) is 29.0 Å². The molecule has 33 heavy (non-hydrogen) atoms. The van der Waals surface area contributed by atoms with Gasteiger partial charge in [0.1, 0.15) is 6.29 Å². The molecule has 1 aromatic heterocycles. The monoisotopic (exact) mass is 438 g/mol. The second-order valence-electron chi connectivity index (χ2n) is 8.55. The van der Waals surface area contributed by atoms with Crippen LogP contribution < -0.4 is 5.32 Å². The molecule has 0 unspecified atom stereocenters. The van der Waals surface area contributed by atoms with Gasteiger partial charge in [-0.2, -0.15) is 0 Å². The average molecular weight is 438 g/mol. The van der Waals surface area contributed by atoms with Crippen LogP contribution in [-0.4, -0.2) is 29.3 Å². The van der Waals surface area contributed by atoms with Gasteiger partial charge in [-0.25, -0.2) is 0 Å². The van der Waals surface area contributed by atoms with Crippen LogP contribution in [0.5, 0.6) is 0 Å². The van der Waals surface area contributed by atoms with Gasteiger partial charge in [0, 0.05) is 46.9 Å². The molecule has 6 heteroatoms. The van der Waals surface area contributed by atoms with Crippen molar-refractivity contribution in [1.82, 2.24) is 9.88 Å². The zero-order chi connectivity index (χ0) is 22.7. The van der Waals surface area contributed by atoms with Crippen molar-refractivity contribution < 1.29 is 19.1 Å². The molecule has 2 heterocycles. The van der Waals surface area contributed by atoms with Crippen molar-refractivity contribution in [1.29, 1.82) is 0 Å². The Bertz CT molecular complexity index is 1510. The number of carbonyl (C=O) groups is 3. The van der Waals surface area contributed by atoms with Crippen LogP contribution in [0.15, 0.2) is 42.5 Å². The number of carbonyl (C=O) groups excluding carboxylic acids is 3. The summed E-state index contributed by atoms with van der Waals surface area (Å²) in [6.07, 6.45) is 1.81. The number of esters is 1. The Hall–Kier alpha value is -3.93. The molecule has 6 rings (SSSR count). The highest BCUT2D eigenvalue weighted by atomic mass is 16.5. The first kappa shape index (κ1) is 19.7. The number of aldehydes is 1. The minimum absolute atomic E-state index is 0.0566. The van der Waals surface area contributed by atoms with E-state index in [1.165, 1.54) is 5.56 Å². The third-order valence-electron chi connectivity index (χ3n) is 6.82. The second kappa shape index (κ2) is 7.30. The van der Waals surface area contributed by atoms with E-state index in [9.17, 15) is 14.4 Å². The standard InChI is InChI=1S/C27H22N2O4/c1-2-33-22(31)9-10-29-21-8-7-15(14-30)11-18(21)24-20-13-28-27(32)25(20)23-17-6-4-3-5-16(17)12-19(23)26(24)29/h3-8,11,14H,2,9-10,12-13H2,1H3,(H,28,32). The average Bonchev–Trinajstić information content (AvgIpc) is 3.48. The predicted molar refractivity (Wildman–Crippen MR) is 125 cm³/mol. The first-order valence-corrected chi connectivity index (χ1v) is 11.2. The first-order chi connectivity index (χ1) is 16.1. The van der Waals surface area contributed by atoms with Crippen molar-refractivity contribution >= 4 is 40.0 Å². The lowest BCUT2D eigenvalue weighted by molar-refractivity contribution is -0.143. The van der Waals surface area contributed by atoms with E-state index in [1.807, 2.05) is 24.3 Å². The molecule has 0 bridgehead atoms. The molecule has 1 N–H and O–H groups in total. The summed E-state index contributed by atoms with van der Waals surface area (Å²) < 4.78 is 7.35. The molecule has 0 spiro atoms. The van der Waals surface area contributed by atoms with Crippen LogP contribution in [0.1, 0.15) is 50.8 Å². The van der Waals surface area contributed by atoms with Crippen molar-refractivity contribution in [2.24, 2.45) is 0 Å². The van der Waals surface area contributed by atoms with E-state index in [2.05, 4.69) is 22.0 Å². The van der Waals surface area contributed by atoms with E-state index in [0.717, 1.165) is 62.3 Å². The number of benzene rings is 3. The fourth-order valence-electron chi connectivity index (χ4n) is 5.54. The van der Waals surface area contributed by atoms with Gasteiger partial charge in [-0.05, 0) is 47.4 Å². The van der Waals surface area contributed by atoms with Gasteiger partial charge in [0.05, 0.1) is 24.1 Å². The lowest BCUT2D eigenvalue weighted by atomic mass is 9.92. The second-order valence-corrected chi connectivity index (χ2v) is 8.55. The smallest absolute Gasteiger partial charge is 0.307 e. The van der Waals surface area contributed by atoms with Crippen molar-refractivity contribution in [3.05, 3.63) is 70.3 Å². The molecular formula is C27H22N2O4. The predicted octanol–water partition coefficient (Wildman–Crippen LogP) is 4.37. The lowest BCUT2D eigenvalue weighted by Gasteiger charge is -2.13. The number of hydrogen-bond donors (Lipinski definition) is 1. The van der Waals surface area contributed by atoms with Crippen molar-refractivity contribution in [2.75, 3.05) is 6.61 Å². The molecule has 1 amide bonds. The van der Waals surface area contributed by atoms with E-state index < -0.39 is 0 Å². The van der Waals surface area contributed by atoms with Gasteiger partial charge in [0.15, 0.2) is 0 Å². The molecule has 1 aliphatic heterocycles. The number of ether oxygens (including phenoxy) is 1. The Morgan fingerprint density at radius 2 is 2.00 bits per heavy atom. The number of hydrogen-bond acceptors (Lipinski definition) is 4. The topological polar surface area (TPSA) is 77.4 Å². The molecule has 2 aliphatic rings. The highest BCUT2D eigenvalue weighted by Crippen LogP contribution is 2.48. The van der Waals surface area contributed by atoms with Crippen LogP contribution in [0.2, 0.25) is 0 Å². The Kier molecular flexibility index (Phi) is 4.37. The number of rotatable bonds is 5. The molecule has 4 aromatic rings. The largest absolute Gasteiger partial charge is 0.466 e. The van der Waals surface area contributed by atoms with Gasteiger partial charge in [-0.3, -0.25) is 14.4 Å². The molecule has 6 nitrogen and oxygen atoms in total. The Morgan fingerprint density at radius 3 is 2.82 bits per heavy atom. The van der Waals surface area contributed by atoms with Gasteiger partial charge < -0.3 is 14.6 Å². The van der Waals surface area contributed by atoms with Crippen LogP contribution >= 0.6 is 0 Å². The molecule has 164 valence electrons. The quantitative estimate of drug-likeness (QED) is 0.326. The molecule has 3 aromatic carbocycles. The van der Waals surface area contributed by atoms with Crippen molar-refractivity contribution in [3.8, 4) is 11.1 Å². The van der Waals surface area contributed by atoms with Crippen LogP contribution in [0.3, 0.4) is 0 Å². The fourth-order valence-corrected chi connectivity index (χ4v) is 5.54. The summed E-state index contributed by atoms with van der Waals surface area (Å²) in [5.41, 5.74) is 8.67. The van der Waals surface area contributed by atoms with E-state index >= 15 is 0 Å². The molecule has 0 atom stereocenters. The molecule has 0 fully saturated rings. The summed E-state index contributed by atoms with van der Waals surface area (Å²) in [7, 11) is 0. The number of nitrogens with zero attached hydrogens (tertiary/aromatic N) is 1. The first-order valence-electron chi connectivity index (χ1n) is 11.2. The number of amides is 1. The molecule has 0 saturated carbocycles. The van der Waals surface area contributed by atoms with Gasteiger partial charge in [0.25, 0.3) is 5.91 Å². The molecule has 0 saturated heterocycles.